The Balaban J connectivity index is 1.97. The van der Waals surface area contributed by atoms with Crippen molar-refractivity contribution in [2.45, 2.75) is 16.2 Å². The van der Waals surface area contributed by atoms with Gasteiger partial charge in [-0.25, -0.2) is 8.42 Å². The van der Waals surface area contributed by atoms with Crippen LogP contribution in [-0.2, 0) is 14.8 Å². The van der Waals surface area contributed by atoms with E-state index in [4.69, 9.17) is 4.74 Å². The first-order valence-corrected chi connectivity index (χ1v) is 10.2. The Hall–Kier alpha value is -2.79. The number of amides is 1. The first kappa shape index (κ1) is 19.0. The van der Waals surface area contributed by atoms with Crippen molar-refractivity contribution in [2.75, 3.05) is 22.9 Å². The number of nitro groups is 1. The van der Waals surface area contributed by atoms with Gasteiger partial charge in [-0.05, 0) is 24.3 Å². The molecule has 2 aromatic carbocycles. The topological polar surface area (TPSA) is 128 Å². The maximum atomic E-state index is 12.7. The number of carbonyl (C=O) groups excluding carboxylic acids is 1. The highest BCUT2D eigenvalue weighted by Gasteiger charge is 2.22. The van der Waals surface area contributed by atoms with Crippen molar-refractivity contribution in [1.82, 2.24) is 0 Å². The number of hydrogen-bond donors (Lipinski definition) is 2. The number of nitrogens with one attached hydrogen (secondary N) is 2. The number of anilines is 2. The van der Waals surface area contributed by atoms with Gasteiger partial charge in [0.05, 0.1) is 28.3 Å². The number of methoxy groups -OCH3 is 1. The normalized spacial score (nSPS) is 13.9. The van der Waals surface area contributed by atoms with E-state index in [0.29, 0.717) is 17.9 Å². The lowest BCUT2D eigenvalue weighted by molar-refractivity contribution is -0.384. The molecule has 9 nitrogen and oxygen atoms in total. The van der Waals surface area contributed by atoms with Gasteiger partial charge in [-0.3, -0.25) is 19.6 Å². The van der Waals surface area contributed by atoms with Crippen LogP contribution in [0.1, 0.15) is 6.42 Å². The fourth-order valence-electron chi connectivity index (χ4n) is 2.46. The number of benzene rings is 2. The molecule has 11 heteroatoms. The molecule has 2 aromatic rings. The van der Waals surface area contributed by atoms with E-state index >= 15 is 0 Å². The van der Waals surface area contributed by atoms with Crippen molar-refractivity contribution in [3.63, 3.8) is 0 Å². The monoisotopic (exact) mass is 409 g/mol. The molecule has 0 bridgehead atoms. The van der Waals surface area contributed by atoms with Gasteiger partial charge in [-0.15, -0.1) is 11.8 Å². The van der Waals surface area contributed by atoms with Crippen LogP contribution in [0.5, 0.6) is 5.75 Å². The Morgan fingerprint density at radius 2 is 2.04 bits per heavy atom. The molecule has 0 unspecified atom stereocenters. The number of fused-ring (bicyclic) bond motifs is 1. The van der Waals surface area contributed by atoms with E-state index < -0.39 is 14.9 Å². The third-order valence-electron chi connectivity index (χ3n) is 3.76. The van der Waals surface area contributed by atoms with Crippen LogP contribution in [-0.4, -0.2) is 32.1 Å². The van der Waals surface area contributed by atoms with Crippen LogP contribution in [0.15, 0.2) is 46.2 Å². The van der Waals surface area contributed by atoms with Crippen LogP contribution in [0.2, 0.25) is 0 Å². The third kappa shape index (κ3) is 4.14. The molecule has 0 aromatic heterocycles. The van der Waals surface area contributed by atoms with Crippen LogP contribution in [0.4, 0.5) is 17.1 Å². The maximum absolute atomic E-state index is 12.7. The summed E-state index contributed by atoms with van der Waals surface area (Å²) in [7, 11) is -2.74. The smallest absolute Gasteiger partial charge is 0.271 e. The quantitative estimate of drug-likeness (QED) is 0.574. The number of hydrogen-bond acceptors (Lipinski definition) is 7. The lowest BCUT2D eigenvalue weighted by Crippen LogP contribution is -2.15. The van der Waals surface area contributed by atoms with E-state index in [1.54, 1.807) is 6.07 Å². The van der Waals surface area contributed by atoms with Crippen LogP contribution in [0, 0.1) is 10.1 Å². The first-order chi connectivity index (χ1) is 12.8. The number of thioether (sulfide) groups is 1. The summed E-state index contributed by atoms with van der Waals surface area (Å²) in [6.07, 6.45) is 0.338. The van der Waals surface area contributed by atoms with Gasteiger partial charge in [0.1, 0.15) is 5.75 Å². The molecule has 1 aliphatic rings. The minimum Gasteiger partial charge on any atom is -0.495 e. The molecule has 2 N–H and O–H groups in total. The van der Waals surface area contributed by atoms with Gasteiger partial charge >= 0.3 is 0 Å². The summed E-state index contributed by atoms with van der Waals surface area (Å²) in [6, 6.07) is 7.99. The minimum absolute atomic E-state index is 0.0555. The molecule has 1 amide bonds. The van der Waals surface area contributed by atoms with Crippen molar-refractivity contribution in [3.8, 4) is 5.75 Å². The molecular weight excluding hydrogens is 394 g/mol. The summed E-state index contributed by atoms with van der Waals surface area (Å²) >= 11 is 1.45. The van der Waals surface area contributed by atoms with Crippen LogP contribution >= 0.6 is 11.8 Å². The molecule has 1 aliphatic heterocycles. The highest BCUT2D eigenvalue weighted by molar-refractivity contribution is 7.99. The Morgan fingerprint density at radius 3 is 2.74 bits per heavy atom. The van der Waals surface area contributed by atoms with E-state index in [1.165, 1.54) is 43.1 Å². The largest absolute Gasteiger partial charge is 0.495 e. The molecule has 142 valence electrons. The molecule has 0 atom stereocenters. The summed E-state index contributed by atoms with van der Waals surface area (Å²) in [4.78, 5) is 22.7. The van der Waals surface area contributed by atoms with Crippen molar-refractivity contribution < 1.29 is 22.9 Å². The van der Waals surface area contributed by atoms with E-state index in [-0.39, 0.29) is 27.9 Å². The van der Waals surface area contributed by atoms with Crippen LogP contribution < -0.4 is 14.8 Å². The molecule has 0 spiro atoms. The Bertz CT molecular complexity index is 1020. The summed E-state index contributed by atoms with van der Waals surface area (Å²) < 4.78 is 32.9. The summed E-state index contributed by atoms with van der Waals surface area (Å²) in [5.41, 5.74) is 0.0792. The Labute approximate surface area is 159 Å². The summed E-state index contributed by atoms with van der Waals surface area (Å²) in [5.74, 6) is 0.556. The van der Waals surface area contributed by atoms with E-state index in [2.05, 4.69) is 10.0 Å². The number of sulfonamides is 1. The average molecular weight is 409 g/mol. The number of carbonyl (C=O) groups is 1. The van der Waals surface area contributed by atoms with Crippen molar-refractivity contribution >= 4 is 44.8 Å². The van der Waals surface area contributed by atoms with Gasteiger partial charge in [0.25, 0.3) is 15.7 Å². The fraction of sp³-hybridized carbons (Fsp3) is 0.188. The van der Waals surface area contributed by atoms with Gasteiger partial charge < -0.3 is 10.1 Å². The lowest BCUT2D eigenvalue weighted by Gasteiger charge is -2.13. The summed E-state index contributed by atoms with van der Waals surface area (Å²) in [6.45, 7) is 0. The Morgan fingerprint density at radius 1 is 1.26 bits per heavy atom. The van der Waals surface area contributed by atoms with E-state index in [0.717, 1.165) is 11.0 Å². The van der Waals surface area contributed by atoms with Crippen LogP contribution in [0.3, 0.4) is 0 Å². The van der Waals surface area contributed by atoms with Gasteiger partial charge in [0.2, 0.25) is 5.91 Å². The van der Waals surface area contributed by atoms with E-state index in [1.807, 2.05) is 0 Å². The zero-order valence-electron chi connectivity index (χ0n) is 14.1. The van der Waals surface area contributed by atoms with Crippen molar-refractivity contribution in [3.05, 3.63) is 46.5 Å². The summed E-state index contributed by atoms with van der Waals surface area (Å²) in [5, 5.41) is 13.6. The molecule has 1 heterocycles. The minimum atomic E-state index is -4.06. The zero-order valence-corrected chi connectivity index (χ0v) is 15.7. The number of nitro benzene ring substituents is 1. The molecule has 0 saturated carbocycles. The molecule has 27 heavy (non-hydrogen) atoms. The first-order valence-electron chi connectivity index (χ1n) is 7.72. The predicted molar refractivity (Wildman–Crippen MR) is 101 cm³/mol. The average Bonchev–Trinajstić information content (AvgIpc) is 2.81. The second-order valence-electron chi connectivity index (χ2n) is 5.55. The number of rotatable bonds is 5. The third-order valence-corrected chi connectivity index (χ3v) is 6.20. The highest BCUT2D eigenvalue weighted by Crippen LogP contribution is 2.34. The molecular formula is C16H15N3O6S2. The van der Waals surface area contributed by atoms with E-state index in [9.17, 15) is 23.3 Å². The molecule has 0 fully saturated rings. The maximum Gasteiger partial charge on any atom is 0.271 e. The number of non-ortho nitro benzene ring substituents is 1. The van der Waals surface area contributed by atoms with Gasteiger partial charge in [-0.1, -0.05) is 0 Å². The highest BCUT2D eigenvalue weighted by atomic mass is 32.2. The number of ether oxygens (including phenoxy) is 1. The second-order valence-corrected chi connectivity index (χ2v) is 8.37. The van der Waals surface area contributed by atoms with Crippen molar-refractivity contribution in [1.29, 1.82) is 0 Å². The SMILES string of the molecule is COc1ccc([N+](=O)[O-])cc1NS(=O)(=O)c1ccc2c(c1)NC(=O)CCS2. The molecule has 3 rings (SSSR count). The molecule has 0 radical (unpaired) electrons. The Kier molecular flexibility index (Phi) is 5.24. The lowest BCUT2D eigenvalue weighted by atomic mass is 10.2. The van der Waals surface area contributed by atoms with Gasteiger partial charge in [0, 0.05) is 29.2 Å². The number of nitrogens with zero attached hydrogens (tertiary/aromatic N) is 1. The predicted octanol–water partition coefficient (Wildman–Crippen LogP) is 2.84. The van der Waals surface area contributed by atoms with Gasteiger partial charge in [0.15, 0.2) is 0 Å². The molecule has 0 aliphatic carbocycles. The standard InChI is InChI=1S/C16H15N3O6S2/c1-25-14-4-2-10(19(21)22)8-12(14)18-27(23,24)11-3-5-15-13(9-11)17-16(20)6-7-26-15/h2-5,8-9,18H,6-7H2,1H3,(H,17,20). The second kappa shape index (κ2) is 7.45. The van der Waals surface area contributed by atoms with Gasteiger partial charge in [-0.2, -0.15) is 0 Å². The van der Waals surface area contributed by atoms with Crippen molar-refractivity contribution in [2.24, 2.45) is 0 Å². The zero-order chi connectivity index (χ0) is 19.6. The molecule has 0 saturated heterocycles. The fourth-order valence-corrected chi connectivity index (χ4v) is 4.48. The van der Waals surface area contributed by atoms with Crippen LogP contribution in [0.25, 0.3) is 0 Å².